The van der Waals surface area contributed by atoms with Crippen LogP contribution in [0.25, 0.3) is 0 Å². The molecule has 2 rings (SSSR count). The van der Waals surface area contributed by atoms with Crippen molar-refractivity contribution < 1.29 is 14.7 Å². The lowest BCUT2D eigenvalue weighted by Crippen LogP contribution is -2.27. The Hall–Kier alpha value is -1.84. The van der Waals surface area contributed by atoms with Gasteiger partial charge in [0.1, 0.15) is 0 Å². The van der Waals surface area contributed by atoms with Crippen LogP contribution >= 0.6 is 0 Å². The van der Waals surface area contributed by atoms with Crippen LogP contribution in [0.3, 0.4) is 0 Å². The van der Waals surface area contributed by atoms with Gasteiger partial charge >= 0.3 is 5.97 Å². The van der Waals surface area contributed by atoms with Crippen molar-refractivity contribution in [2.24, 2.45) is 17.3 Å². The molecule has 2 unspecified atom stereocenters. The summed E-state index contributed by atoms with van der Waals surface area (Å²) < 4.78 is 0. The molecule has 1 saturated carbocycles. The molecule has 0 spiro atoms. The molecule has 4 nitrogen and oxygen atoms in total. The number of carbonyl (C=O) groups excluding carboxylic acids is 1. The summed E-state index contributed by atoms with van der Waals surface area (Å²) in [5, 5.41) is 12.0. The van der Waals surface area contributed by atoms with Crippen molar-refractivity contribution >= 4 is 11.9 Å². The van der Waals surface area contributed by atoms with Crippen molar-refractivity contribution in [1.29, 1.82) is 0 Å². The number of amides is 1. The molecule has 0 aliphatic heterocycles. The third-order valence-electron chi connectivity index (χ3n) is 4.33. The number of rotatable bonds is 5. The van der Waals surface area contributed by atoms with Crippen molar-refractivity contribution in [2.45, 2.75) is 33.7 Å². The fraction of sp³-hybridized carbons (Fsp3) is 0.500. The number of carboxylic acids is 1. The molecule has 20 heavy (non-hydrogen) atoms. The van der Waals surface area contributed by atoms with Crippen molar-refractivity contribution in [1.82, 2.24) is 5.32 Å². The number of hydrogen-bond acceptors (Lipinski definition) is 2. The molecule has 0 aromatic heterocycles. The van der Waals surface area contributed by atoms with E-state index in [1.54, 1.807) is 0 Å². The second-order valence-electron chi connectivity index (χ2n) is 5.96. The Morgan fingerprint density at radius 1 is 1.20 bits per heavy atom. The van der Waals surface area contributed by atoms with Crippen LogP contribution in [0.15, 0.2) is 24.3 Å². The third-order valence-corrected chi connectivity index (χ3v) is 4.33. The van der Waals surface area contributed by atoms with E-state index in [9.17, 15) is 9.59 Å². The Kier molecular flexibility index (Phi) is 3.84. The fourth-order valence-corrected chi connectivity index (χ4v) is 2.96. The average molecular weight is 275 g/mol. The molecule has 108 valence electrons. The van der Waals surface area contributed by atoms with Gasteiger partial charge in [-0.25, -0.2) is 0 Å². The number of carboxylic acid groups (broad SMARTS) is 1. The minimum atomic E-state index is -0.885. The van der Waals surface area contributed by atoms with E-state index in [4.69, 9.17) is 5.11 Å². The molecule has 1 aromatic rings. The summed E-state index contributed by atoms with van der Waals surface area (Å²) in [6.07, 6.45) is 0.915. The maximum absolute atomic E-state index is 12.1. The first-order valence-electron chi connectivity index (χ1n) is 6.97. The van der Waals surface area contributed by atoms with Crippen LogP contribution < -0.4 is 5.32 Å². The lowest BCUT2D eigenvalue weighted by molar-refractivity contribution is -0.140. The molecule has 1 fully saturated rings. The standard InChI is InChI=1S/C16H21NO3/c1-4-10-7-5-6-8-11(10)9-17-14(18)12-13(15(19)20)16(12,2)3/h5-8,12-13H,4,9H2,1-3H3,(H,17,18)(H,19,20). The zero-order valence-electron chi connectivity index (χ0n) is 12.1. The highest BCUT2D eigenvalue weighted by atomic mass is 16.4. The van der Waals surface area contributed by atoms with Crippen LogP contribution in [0, 0.1) is 17.3 Å². The largest absolute Gasteiger partial charge is 0.481 e. The zero-order chi connectivity index (χ0) is 14.9. The fourth-order valence-electron chi connectivity index (χ4n) is 2.96. The lowest BCUT2D eigenvalue weighted by Gasteiger charge is -2.09. The minimum absolute atomic E-state index is 0.159. The van der Waals surface area contributed by atoms with E-state index >= 15 is 0 Å². The summed E-state index contributed by atoms with van der Waals surface area (Å²) in [5.74, 6) is -2.03. The van der Waals surface area contributed by atoms with Gasteiger partial charge in [0, 0.05) is 6.54 Å². The van der Waals surface area contributed by atoms with Crippen molar-refractivity contribution in [3.63, 3.8) is 0 Å². The van der Waals surface area contributed by atoms with E-state index in [0.29, 0.717) is 6.54 Å². The van der Waals surface area contributed by atoms with Crippen molar-refractivity contribution in [3.05, 3.63) is 35.4 Å². The molecule has 1 aliphatic rings. The SMILES string of the molecule is CCc1ccccc1CNC(=O)C1C(C(=O)O)C1(C)C. The Balaban J connectivity index is 1.99. The van der Waals surface area contributed by atoms with E-state index in [0.717, 1.165) is 12.0 Å². The predicted molar refractivity (Wildman–Crippen MR) is 76.1 cm³/mol. The average Bonchev–Trinajstić information content (AvgIpc) is 2.99. The first-order chi connectivity index (χ1) is 9.39. The number of aryl methyl sites for hydroxylation is 1. The van der Waals surface area contributed by atoms with Gasteiger partial charge in [0.05, 0.1) is 11.8 Å². The summed E-state index contributed by atoms with van der Waals surface area (Å²) in [4.78, 5) is 23.2. The summed E-state index contributed by atoms with van der Waals surface area (Å²) in [7, 11) is 0. The molecule has 2 atom stereocenters. The molecule has 0 heterocycles. The van der Waals surface area contributed by atoms with Gasteiger partial charge in [0.2, 0.25) is 5.91 Å². The molecule has 1 aromatic carbocycles. The first-order valence-corrected chi connectivity index (χ1v) is 6.97. The number of benzene rings is 1. The Labute approximate surface area is 119 Å². The topological polar surface area (TPSA) is 66.4 Å². The normalized spacial score (nSPS) is 23.1. The van der Waals surface area contributed by atoms with Gasteiger partial charge < -0.3 is 10.4 Å². The van der Waals surface area contributed by atoms with Crippen LogP contribution in [0.2, 0.25) is 0 Å². The summed E-state index contributed by atoms with van der Waals surface area (Å²) in [5.41, 5.74) is 1.85. The molecular weight excluding hydrogens is 254 g/mol. The molecule has 1 amide bonds. The van der Waals surface area contributed by atoms with Gasteiger partial charge in [0.25, 0.3) is 0 Å². The van der Waals surface area contributed by atoms with Gasteiger partial charge in [-0.3, -0.25) is 9.59 Å². The first kappa shape index (κ1) is 14.6. The Morgan fingerprint density at radius 2 is 1.80 bits per heavy atom. The lowest BCUT2D eigenvalue weighted by atomic mass is 10.1. The number of hydrogen-bond donors (Lipinski definition) is 2. The smallest absolute Gasteiger partial charge is 0.307 e. The molecule has 0 radical (unpaired) electrons. The number of carbonyl (C=O) groups is 2. The van der Waals surface area contributed by atoms with Gasteiger partial charge in [-0.2, -0.15) is 0 Å². The van der Waals surface area contributed by atoms with Crippen molar-refractivity contribution in [2.75, 3.05) is 0 Å². The van der Waals surface area contributed by atoms with Gasteiger partial charge in [0.15, 0.2) is 0 Å². The van der Waals surface area contributed by atoms with E-state index in [1.807, 2.05) is 38.1 Å². The van der Waals surface area contributed by atoms with Crippen LogP contribution in [0.1, 0.15) is 31.9 Å². The molecule has 1 aliphatic carbocycles. The highest BCUT2D eigenvalue weighted by Crippen LogP contribution is 2.58. The van der Waals surface area contributed by atoms with E-state index in [2.05, 4.69) is 12.2 Å². The van der Waals surface area contributed by atoms with Crippen molar-refractivity contribution in [3.8, 4) is 0 Å². The van der Waals surface area contributed by atoms with E-state index in [1.165, 1.54) is 5.56 Å². The monoisotopic (exact) mass is 275 g/mol. The van der Waals surface area contributed by atoms with Gasteiger partial charge in [-0.15, -0.1) is 0 Å². The highest BCUT2D eigenvalue weighted by Gasteiger charge is 2.65. The summed E-state index contributed by atoms with van der Waals surface area (Å²) in [6.45, 7) is 6.19. The maximum atomic E-state index is 12.1. The number of nitrogens with one attached hydrogen (secondary N) is 1. The number of aliphatic carboxylic acids is 1. The highest BCUT2D eigenvalue weighted by molar-refractivity contribution is 5.91. The van der Waals surface area contributed by atoms with Gasteiger partial charge in [-0.05, 0) is 23.0 Å². The second kappa shape index (κ2) is 5.27. The van der Waals surface area contributed by atoms with Gasteiger partial charge in [-0.1, -0.05) is 45.0 Å². The second-order valence-corrected chi connectivity index (χ2v) is 5.96. The quantitative estimate of drug-likeness (QED) is 0.866. The van der Waals surface area contributed by atoms with Crippen LogP contribution in [0.5, 0.6) is 0 Å². The predicted octanol–water partition coefficient (Wildman–Crippen LogP) is 2.22. The molecule has 0 bridgehead atoms. The molecule has 4 heteroatoms. The van der Waals surface area contributed by atoms with Crippen LogP contribution in [-0.4, -0.2) is 17.0 Å². The van der Waals surface area contributed by atoms with E-state index < -0.39 is 23.2 Å². The minimum Gasteiger partial charge on any atom is -0.481 e. The zero-order valence-corrected chi connectivity index (χ0v) is 12.1. The maximum Gasteiger partial charge on any atom is 0.307 e. The molecular formula is C16H21NO3. The molecule has 0 saturated heterocycles. The summed E-state index contributed by atoms with van der Waals surface area (Å²) >= 11 is 0. The molecule has 2 N–H and O–H groups in total. The Bertz CT molecular complexity index is 536. The third kappa shape index (κ3) is 2.55. The van der Waals surface area contributed by atoms with E-state index in [-0.39, 0.29) is 5.91 Å². The summed E-state index contributed by atoms with van der Waals surface area (Å²) in [6, 6.07) is 7.96. The van der Waals surface area contributed by atoms with Crippen LogP contribution in [-0.2, 0) is 22.6 Å². The van der Waals surface area contributed by atoms with Crippen LogP contribution in [0.4, 0.5) is 0 Å². The Morgan fingerprint density at radius 3 is 2.30 bits per heavy atom.